The summed E-state index contributed by atoms with van der Waals surface area (Å²) in [6.07, 6.45) is 0. The van der Waals surface area contributed by atoms with Gasteiger partial charge < -0.3 is 11.1 Å². The van der Waals surface area contributed by atoms with Crippen LogP contribution in [0.1, 0.15) is 15.9 Å². The van der Waals surface area contributed by atoms with Crippen molar-refractivity contribution in [1.29, 1.82) is 10.5 Å². The number of thiophene rings is 1. The predicted octanol–water partition coefficient (Wildman–Crippen LogP) is 3.99. The Balaban J connectivity index is 1.94. The van der Waals surface area contributed by atoms with E-state index in [1.165, 1.54) is 11.3 Å². The normalized spacial score (nSPS) is 9.92. The molecule has 2 aromatic carbocycles. The molecule has 1 aromatic heterocycles. The smallest absolute Gasteiger partial charge is 0.250 e. The van der Waals surface area contributed by atoms with Crippen molar-refractivity contribution >= 4 is 22.9 Å². The first-order valence-corrected chi connectivity index (χ1v) is 8.65. The van der Waals surface area contributed by atoms with E-state index in [1.54, 1.807) is 12.1 Å². The number of nitrogens with one attached hydrogen (secondary N) is 1. The first kappa shape index (κ1) is 17.2. The van der Waals surface area contributed by atoms with Gasteiger partial charge in [-0.3, -0.25) is 4.79 Å². The van der Waals surface area contributed by atoms with Gasteiger partial charge in [-0.2, -0.15) is 10.5 Å². The standard InChI is InChI=1S/C20H14N4OS/c21-8-9-24-16-5-6-17(15(11-16)12-22)13-1-3-14(4-2-13)19-18(20(23)25)7-10-26-19/h1-7,10-11,24H,9H2,(H2,23,25). The van der Waals surface area contributed by atoms with Crippen LogP contribution in [0.5, 0.6) is 0 Å². The lowest BCUT2D eigenvalue weighted by Crippen LogP contribution is -2.10. The van der Waals surface area contributed by atoms with Gasteiger partial charge in [-0.25, -0.2) is 0 Å². The summed E-state index contributed by atoms with van der Waals surface area (Å²) in [5.41, 5.74) is 9.78. The van der Waals surface area contributed by atoms with Crippen molar-refractivity contribution in [3.63, 3.8) is 0 Å². The highest BCUT2D eigenvalue weighted by Gasteiger charge is 2.12. The van der Waals surface area contributed by atoms with Gasteiger partial charge in [-0.1, -0.05) is 30.3 Å². The van der Waals surface area contributed by atoms with Gasteiger partial charge in [0.05, 0.1) is 23.3 Å². The van der Waals surface area contributed by atoms with E-state index in [2.05, 4.69) is 11.4 Å². The SMILES string of the molecule is N#CCNc1ccc(-c2ccc(-c3sccc3C(N)=O)cc2)c(C#N)c1. The highest BCUT2D eigenvalue weighted by Crippen LogP contribution is 2.32. The van der Waals surface area contributed by atoms with Crippen molar-refractivity contribution in [2.45, 2.75) is 0 Å². The molecule has 0 spiro atoms. The zero-order valence-corrected chi connectivity index (χ0v) is 14.5. The number of nitriles is 2. The number of nitrogens with two attached hydrogens (primary N) is 1. The highest BCUT2D eigenvalue weighted by molar-refractivity contribution is 7.14. The number of primary amides is 1. The van der Waals surface area contributed by atoms with Crippen LogP contribution in [0.4, 0.5) is 5.69 Å². The number of carbonyl (C=O) groups excluding carboxylic acids is 1. The fourth-order valence-electron chi connectivity index (χ4n) is 2.67. The van der Waals surface area contributed by atoms with Crippen molar-refractivity contribution in [3.8, 4) is 33.7 Å². The van der Waals surface area contributed by atoms with Gasteiger partial charge in [0.15, 0.2) is 0 Å². The first-order valence-electron chi connectivity index (χ1n) is 7.77. The Hall–Kier alpha value is -3.61. The molecule has 0 unspecified atom stereocenters. The van der Waals surface area contributed by atoms with Crippen molar-refractivity contribution in [1.82, 2.24) is 0 Å². The minimum absolute atomic E-state index is 0.182. The molecular weight excluding hydrogens is 344 g/mol. The number of hydrogen-bond donors (Lipinski definition) is 2. The second kappa shape index (κ2) is 7.52. The van der Waals surface area contributed by atoms with E-state index in [1.807, 2.05) is 47.8 Å². The Bertz CT molecular complexity index is 1040. The number of nitrogens with zero attached hydrogens (tertiary/aromatic N) is 2. The topological polar surface area (TPSA) is 103 Å². The van der Waals surface area contributed by atoms with Gasteiger partial charge >= 0.3 is 0 Å². The summed E-state index contributed by atoms with van der Waals surface area (Å²) in [5.74, 6) is -0.447. The minimum Gasteiger partial charge on any atom is -0.372 e. The van der Waals surface area contributed by atoms with Crippen LogP contribution in [0.15, 0.2) is 53.9 Å². The maximum absolute atomic E-state index is 11.5. The maximum atomic E-state index is 11.5. The quantitative estimate of drug-likeness (QED) is 0.673. The zero-order chi connectivity index (χ0) is 18.5. The van der Waals surface area contributed by atoms with E-state index in [-0.39, 0.29) is 6.54 Å². The molecule has 0 atom stereocenters. The number of hydrogen-bond acceptors (Lipinski definition) is 5. The van der Waals surface area contributed by atoms with E-state index in [4.69, 9.17) is 11.0 Å². The summed E-state index contributed by atoms with van der Waals surface area (Å²) in [7, 11) is 0. The molecule has 126 valence electrons. The van der Waals surface area contributed by atoms with Crippen LogP contribution in [-0.4, -0.2) is 12.5 Å². The Morgan fingerprint density at radius 2 is 1.81 bits per heavy atom. The molecule has 0 saturated heterocycles. The molecule has 5 nitrogen and oxygen atoms in total. The molecule has 1 amide bonds. The predicted molar refractivity (Wildman–Crippen MR) is 103 cm³/mol. The average molecular weight is 358 g/mol. The van der Waals surface area contributed by atoms with Crippen LogP contribution in [0, 0.1) is 22.7 Å². The number of rotatable bonds is 5. The van der Waals surface area contributed by atoms with Gasteiger partial charge in [-0.15, -0.1) is 11.3 Å². The molecule has 3 aromatic rings. The van der Waals surface area contributed by atoms with E-state index in [0.717, 1.165) is 27.3 Å². The van der Waals surface area contributed by atoms with Crippen LogP contribution in [0.25, 0.3) is 21.6 Å². The van der Waals surface area contributed by atoms with Crippen LogP contribution in [0.2, 0.25) is 0 Å². The maximum Gasteiger partial charge on any atom is 0.250 e. The Morgan fingerprint density at radius 3 is 2.46 bits per heavy atom. The van der Waals surface area contributed by atoms with Gasteiger partial charge in [0.2, 0.25) is 5.91 Å². The van der Waals surface area contributed by atoms with E-state index in [9.17, 15) is 10.1 Å². The molecule has 1 heterocycles. The van der Waals surface area contributed by atoms with Crippen LogP contribution in [-0.2, 0) is 0 Å². The zero-order valence-electron chi connectivity index (χ0n) is 13.7. The van der Waals surface area contributed by atoms with Crippen LogP contribution < -0.4 is 11.1 Å². The molecule has 6 heteroatoms. The first-order chi connectivity index (χ1) is 12.6. The average Bonchev–Trinajstić information content (AvgIpc) is 3.16. The number of benzene rings is 2. The van der Waals surface area contributed by atoms with E-state index in [0.29, 0.717) is 11.1 Å². The third-order valence-corrected chi connectivity index (χ3v) is 4.86. The minimum atomic E-state index is -0.447. The second-order valence-electron chi connectivity index (χ2n) is 5.49. The van der Waals surface area contributed by atoms with E-state index >= 15 is 0 Å². The molecule has 0 aliphatic rings. The Morgan fingerprint density at radius 1 is 1.08 bits per heavy atom. The van der Waals surface area contributed by atoms with Gasteiger partial charge in [0.25, 0.3) is 0 Å². The largest absolute Gasteiger partial charge is 0.372 e. The molecule has 3 rings (SSSR count). The van der Waals surface area contributed by atoms with Crippen LogP contribution in [0.3, 0.4) is 0 Å². The lowest BCUT2D eigenvalue weighted by molar-refractivity contribution is 0.100. The molecule has 0 aliphatic heterocycles. The summed E-state index contributed by atoms with van der Waals surface area (Å²) in [6, 6.07) is 19.0. The molecule has 26 heavy (non-hydrogen) atoms. The fourth-order valence-corrected chi connectivity index (χ4v) is 3.58. The number of amides is 1. The summed E-state index contributed by atoms with van der Waals surface area (Å²) in [6.45, 7) is 0.182. The van der Waals surface area contributed by atoms with Crippen molar-refractivity contribution in [2.24, 2.45) is 5.73 Å². The van der Waals surface area contributed by atoms with Gasteiger partial charge in [-0.05, 0) is 40.3 Å². The van der Waals surface area contributed by atoms with Crippen molar-refractivity contribution in [2.75, 3.05) is 11.9 Å². The molecule has 3 N–H and O–H groups in total. The number of carbonyl (C=O) groups is 1. The monoisotopic (exact) mass is 358 g/mol. The molecule has 0 aliphatic carbocycles. The lowest BCUT2D eigenvalue weighted by Gasteiger charge is -2.09. The lowest BCUT2D eigenvalue weighted by atomic mass is 9.98. The molecule has 0 saturated carbocycles. The molecule has 0 radical (unpaired) electrons. The summed E-state index contributed by atoms with van der Waals surface area (Å²) < 4.78 is 0. The molecular formula is C20H14N4OS. The summed E-state index contributed by atoms with van der Waals surface area (Å²) in [5, 5.41) is 22.9. The summed E-state index contributed by atoms with van der Waals surface area (Å²) in [4.78, 5) is 12.3. The third kappa shape index (κ3) is 3.41. The second-order valence-corrected chi connectivity index (χ2v) is 6.40. The number of anilines is 1. The van der Waals surface area contributed by atoms with Crippen molar-refractivity contribution in [3.05, 3.63) is 65.0 Å². The van der Waals surface area contributed by atoms with Crippen LogP contribution >= 0.6 is 11.3 Å². The third-order valence-electron chi connectivity index (χ3n) is 3.90. The summed E-state index contributed by atoms with van der Waals surface area (Å²) >= 11 is 1.46. The fraction of sp³-hybridized carbons (Fsp3) is 0.0500. The van der Waals surface area contributed by atoms with Crippen molar-refractivity contribution < 1.29 is 4.79 Å². The van der Waals surface area contributed by atoms with Gasteiger partial charge in [0, 0.05) is 10.6 Å². The highest BCUT2D eigenvalue weighted by atomic mass is 32.1. The Labute approximate surface area is 154 Å². The Kier molecular flexibility index (Phi) is 4.98. The van der Waals surface area contributed by atoms with E-state index < -0.39 is 5.91 Å². The molecule has 0 fully saturated rings. The molecule has 0 bridgehead atoms. The van der Waals surface area contributed by atoms with Gasteiger partial charge in [0.1, 0.15) is 6.54 Å².